The predicted molar refractivity (Wildman–Crippen MR) is 51.8 cm³/mol. The van der Waals surface area contributed by atoms with Gasteiger partial charge in [-0.2, -0.15) is 0 Å². The number of aromatic amines is 1. The summed E-state index contributed by atoms with van der Waals surface area (Å²) >= 11 is 0. The third kappa shape index (κ3) is 1.28. The minimum absolute atomic E-state index is 0.226. The number of nitrogens with one attached hydrogen (secondary N) is 1. The standard InChI is InChI=1S/C10H9FN2O/c1-5-3-7-9(4-8(5)11)12-6(2)13-10(7)14/h3-4H,1-2H3,(H,12,13,14). The fourth-order valence-corrected chi connectivity index (χ4v) is 1.39. The van der Waals surface area contributed by atoms with Crippen LogP contribution in [-0.2, 0) is 0 Å². The van der Waals surface area contributed by atoms with Crippen molar-refractivity contribution in [3.63, 3.8) is 0 Å². The second-order valence-electron chi connectivity index (χ2n) is 3.27. The number of nitrogens with zero attached hydrogens (tertiary/aromatic N) is 1. The van der Waals surface area contributed by atoms with Gasteiger partial charge in [0.2, 0.25) is 0 Å². The number of fused-ring (bicyclic) bond motifs is 1. The molecule has 14 heavy (non-hydrogen) atoms. The molecule has 1 aromatic carbocycles. The van der Waals surface area contributed by atoms with Crippen LogP contribution in [0, 0.1) is 19.7 Å². The summed E-state index contributed by atoms with van der Waals surface area (Å²) in [5, 5.41) is 0.425. The van der Waals surface area contributed by atoms with E-state index in [4.69, 9.17) is 0 Å². The minimum Gasteiger partial charge on any atom is -0.310 e. The fraction of sp³-hybridized carbons (Fsp3) is 0.200. The first-order chi connectivity index (χ1) is 6.58. The van der Waals surface area contributed by atoms with Crippen molar-refractivity contribution in [2.45, 2.75) is 13.8 Å². The highest BCUT2D eigenvalue weighted by Crippen LogP contribution is 2.13. The van der Waals surface area contributed by atoms with E-state index in [0.717, 1.165) is 0 Å². The Morgan fingerprint density at radius 3 is 2.79 bits per heavy atom. The Bertz CT molecular complexity index is 560. The Morgan fingerprint density at radius 1 is 1.36 bits per heavy atom. The number of benzene rings is 1. The third-order valence-corrected chi connectivity index (χ3v) is 2.10. The van der Waals surface area contributed by atoms with Crippen molar-refractivity contribution in [3.8, 4) is 0 Å². The van der Waals surface area contributed by atoms with Gasteiger partial charge in [-0.05, 0) is 25.5 Å². The van der Waals surface area contributed by atoms with E-state index in [-0.39, 0.29) is 11.4 Å². The zero-order valence-electron chi connectivity index (χ0n) is 7.89. The monoisotopic (exact) mass is 192 g/mol. The first-order valence-corrected chi connectivity index (χ1v) is 4.25. The van der Waals surface area contributed by atoms with Crippen LogP contribution in [0.5, 0.6) is 0 Å². The molecule has 0 aliphatic carbocycles. The quantitative estimate of drug-likeness (QED) is 0.690. The van der Waals surface area contributed by atoms with Gasteiger partial charge in [0.25, 0.3) is 5.56 Å². The van der Waals surface area contributed by atoms with Gasteiger partial charge in [-0.25, -0.2) is 9.37 Å². The molecule has 0 amide bonds. The van der Waals surface area contributed by atoms with Crippen molar-refractivity contribution in [1.82, 2.24) is 9.97 Å². The lowest BCUT2D eigenvalue weighted by Crippen LogP contribution is -2.10. The van der Waals surface area contributed by atoms with Crippen molar-refractivity contribution < 1.29 is 4.39 Å². The second kappa shape index (κ2) is 2.90. The largest absolute Gasteiger partial charge is 0.310 e. The minimum atomic E-state index is -0.338. The van der Waals surface area contributed by atoms with Crippen molar-refractivity contribution >= 4 is 10.9 Å². The molecule has 1 aromatic heterocycles. The molecule has 0 spiro atoms. The molecule has 0 fully saturated rings. The normalized spacial score (nSPS) is 10.8. The summed E-state index contributed by atoms with van der Waals surface area (Å²) in [5.74, 6) is 0.153. The van der Waals surface area contributed by atoms with Crippen LogP contribution in [0.1, 0.15) is 11.4 Å². The van der Waals surface area contributed by atoms with Gasteiger partial charge in [-0.1, -0.05) is 0 Å². The smallest absolute Gasteiger partial charge is 0.258 e. The van der Waals surface area contributed by atoms with E-state index < -0.39 is 0 Å². The highest BCUT2D eigenvalue weighted by atomic mass is 19.1. The molecule has 72 valence electrons. The zero-order valence-corrected chi connectivity index (χ0v) is 7.89. The molecule has 0 unspecified atom stereocenters. The first kappa shape index (κ1) is 8.87. The van der Waals surface area contributed by atoms with Crippen molar-refractivity contribution in [3.05, 3.63) is 39.7 Å². The maximum absolute atomic E-state index is 13.2. The third-order valence-electron chi connectivity index (χ3n) is 2.10. The van der Waals surface area contributed by atoms with Gasteiger partial charge in [0.1, 0.15) is 11.6 Å². The molecule has 0 aliphatic rings. The van der Waals surface area contributed by atoms with E-state index in [0.29, 0.717) is 22.3 Å². The summed E-state index contributed by atoms with van der Waals surface area (Å²) in [6.45, 7) is 3.28. The number of halogens is 1. The molecular formula is C10H9FN2O. The van der Waals surface area contributed by atoms with Crippen LogP contribution in [-0.4, -0.2) is 9.97 Å². The van der Waals surface area contributed by atoms with Gasteiger partial charge < -0.3 is 4.98 Å². The number of hydrogen-bond donors (Lipinski definition) is 1. The van der Waals surface area contributed by atoms with Gasteiger partial charge in [-0.15, -0.1) is 0 Å². The molecule has 0 radical (unpaired) electrons. The van der Waals surface area contributed by atoms with Gasteiger partial charge in [0.15, 0.2) is 0 Å². The summed E-state index contributed by atoms with van der Waals surface area (Å²) in [7, 11) is 0. The number of H-pyrrole nitrogens is 1. The molecule has 4 heteroatoms. The van der Waals surface area contributed by atoms with E-state index in [1.807, 2.05) is 0 Å². The summed E-state index contributed by atoms with van der Waals surface area (Å²) in [6, 6.07) is 2.79. The molecule has 1 heterocycles. The molecule has 0 saturated heterocycles. The second-order valence-corrected chi connectivity index (χ2v) is 3.27. The van der Waals surface area contributed by atoms with Crippen LogP contribution >= 0.6 is 0 Å². The summed E-state index contributed by atoms with van der Waals surface area (Å²) < 4.78 is 13.2. The molecule has 0 aliphatic heterocycles. The summed E-state index contributed by atoms with van der Waals surface area (Å²) in [6.07, 6.45) is 0. The van der Waals surface area contributed by atoms with Crippen LogP contribution in [0.25, 0.3) is 10.9 Å². The summed E-state index contributed by atoms with van der Waals surface area (Å²) in [4.78, 5) is 18.1. The topological polar surface area (TPSA) is 45.8 Å². The Balaban J connectivity index is 2.96. The zero-order chi connectivity index (χ0) is 10.3. The van der Waals surface area contributed by atoms with Gasteiger partial charge in [0, 0.05) is 6.07 Å². The Morgan fingerprint density at radius 2 is 2.07 bits per heavy atom. The Kier molecular flexibility index (Phi) is 1.84. The van der Waals surface area contributed by atoms with E-state index >= 15 is 0 Å². The molecule has 3 nitrogen and oxygen atoms in total. The number of aryl methyl sites for hydroxylation is 2. The molecule has 2 rings (SSSR count). The SMILES string of the molecule is Cc1nc2cc(F)c(C)cc2c(=O)[nH]1. The van der Waals surface area contributed by atoms with Crippen molar-refractivity contribution in [1.29, 1.82) is 0 Å². The van der Waals surface area contributed by atoms with Crippen LogP contribution < -0.4 is 5.56 Å². The van der Waals surface area contributed by atoms with Gasteiger partial charge in [-0.3, -0.25) is 4.79 Å². The molecule has 2 aromatic rings. The lowest BCUT2D eigenvalue weighted by molar-refractivity contribution is 0.620. The van der Waals surface area contributed by atoms with Crippen LogP contribution in [0.15, 0.2) is 16.9 Å². The van der Waals surface area contributed by atoms with Crippen molar-refractivity contribution in [2.24, 2.45) is 0 Å². The lowest BCUT2D eigenvalue weighted by Gasteiger charge is -2.00. The maximum atomic E-state index is 13.2. The van der Waals surface area contributed by atoms with Gasteiger partial charge >= 0.3 is 0 Å². The highest BCUT2D eigenvalue weighted by molar-refractivity contribution is 5.78. The average Bonchev–Trinajstić information content (AvgIpc) is 2.08. The highest BCUT2D eigenvalue weighted by Gasteiger charge is 2.05. The number of rotatable bonds is 0. The van der Waals surface area contributed by atoms with E-state index in [1.165, 1.54) is 12.1 Å². The predicted octanol–water partition coefficient (Wildman–Crippen LogP) is 1.68. The van der Waals surface area contributed by atoms with Crippen molar-refractivity contribution in [2.75, 3.05) is 0 Å². The average molecular weight is 192 g/mol. The number of aromatic nitrogens is 2. The van der Waals surface area contributed by atoms with Crippen LogP contribution in [0.4, 0.5) is 4.39 Å². The molecule has 0 atom stereocenters. The first-order valence-electron chi connectivity index (χ1n) is 4.25. The van der Waals surface area contributed by atoms with Gasteiger partial charge in [0.05, 0.1) is 10.9 Å². The van der Waals surface area contributed by atoms with Crippen LogP contribution in [0.2, 0.25) is 0 Å². The molecular weight excluding hydrogens is 183 g/mol. The Hall–Kier alpha value is -1.71. The molecule has 0 saturated carbocycles. The Labute approximate surface area is 79.6 Å². The van der Waals surface area contributed by atoms with E-state index in [1.54, 1.807) is 13.8 Å². The van der Waals surface area contributed by atoms with E-state index in [9.17, 15) is 9.18 Å². The molecule has 1 N–H and O–H groups in total. The lowest BCUT2D eigenvalue weighted by atomic mass is 10.1. The molecule has 0 bridgehead atoms. The fourth-order valence-electron chi connectivity index (χ4n) is 1.39. The maximum Gasteiger partial charge on any atom is 0.258 e. The number of hydrogen-bond acceptors (Lipinski definition) is 2. The van der Waals surface area contributed by atoms with E-state index in [2.05, 4.69) is 9.97 Å². The summed E-state index contributed by atoms with van der Waals surface area (Å²) in [5.41, 5.74) is 0.624. The van der Waals surface area contributed by atoms with Crippen LogP contribution in [0.3, 0.4) is 0 Å².